The van der Waals surface area contributed by atoms with Gasteiger partial charge >= 0.3 is 5.97 Å². The largest absolute Gasteiger partial charge is 0.497 e. The number of hydrogen-bond donors (Lipinski definition) is 1. The predicted molar refractivity (Wildman–Crippen MR) is 90.7 cm³/mol. The summed E-state index contributed by atoms with van der Waals surface area (Å²) in [6, 6.07) is 8.09. The van der Waals surface area contributed by atoms with E-state index in [0.717, 1.165) is 0 Å². The molecular weight excluding hydrogens is 332 g/mol. The van der Waals surface area contributed by atoms with Crippen molar-refractivity contribution >= 4 is 34.9 Å². The van der Waals surface area contributed by atoms with Crippen molar-refractivity contribution in [3.05, 3.63) is 52.0 Å². The van der Waals surface area contributed by atoms with Gasteiger partial charge in [0.15, 0.2) is 0 Å². The van der Waals surface area contributed by atoms with E-state index in [4.69, 9.17) is 26.8 Å². The maximum absolute atomic E-state index is 12.8. The second-order valence-electron chi connectivity index (χ2n) is 5.26. The number of esters is 1. The highest BCUT2D eigenvalue weighted by molar-refractivity contribution is 6.33. The van der Waals surface area contributed by atoms with Crippen molar-refractivity contribution in [2.75, 3.05) is 24.9 Å². The number of amides is 1. The molecule has 24 heavy (non-hydrogen) atoms. The Kier molecular flexibility index (Phi) is 4.07. The fraction of sp³-hybridized carbons (Fsp3) is 0.176. The van der Waals surface area contributed by atoms with E-state index in [-0.39, 0.29) is 18.0 Å². The highest BCUT2D eigenvalue weighted by atomic mass is 35.5. The van der Waals surface area contributed by atoms with Crippen LogP contribution in [0.3, 0.4) is 0 Å². The molecule has 0 fully saturated rings. The minimum absolute atomic E-state index is 0.229. The normalized spacial score (nSPS) is 13.0. The number of ether oxygens (including phenoxy) is 2. The number of carbonyl (C=O) groups excluding carboxylic acids is 2. The van der Waals surface area contributed by atoms with E-state index in [1.807, 2.05) is 0 Å². The van der Waals surface area contributed by atoms with E-state index in [9.17, 15) is 9.59 Å². The summed E-state index contributed by atoms with van der Waals surface area (Å²) >= 11 is 6.19. The van der Waals surface area contributed by atoms with Crippen molar-refractivity contribution in [2.45, 2.75) is 6.54 Å². The van der Waals surface area contributed by atoms with Crippen molar-refractivity contribution in [3.8, 4) is 5.75 Å². The summed E-state index contributed by atoms with van der Waals surface area (Å²) in [7, 11) is 2.77. The molecule has 0 spiro atoms. The molecule has 1 heterocycles. The molecule has 7 heteroatoms. The molecule has 124 valence electrons. The van der Waals surface area contributed by atoms with Gasteiger partial charge in [0.2, 0.25) is 0 Å². The van der Waals surface area contributed by atoms with E-state index in [1.54, 1.807) is 24.3 Å². The number of hydrogen-bond acceptors (Lipinski definition) is 5. The third-order valence-corrected chi connectivity index (χ3v) is 4.32. The molecule has 0 saturated heterocycles. The Balaban J connectivity index is 2.11. The molecule has 0 atom stereocenters. The third-order valence-electron chi connectivity index (χ3n) is 3.96. The smallest absolute Gasteiger partial charge is 0.340 e. The fourth-order valence-corrected chi connectivity index (χ4v) is 2.98. The van der Waals surface area contributed by atoms with Gasteiger partial charge in [-0.15, -0.1) is 0 Å². The van der Waals surface area contributed by atoms with Crippen LogP contribution in [0, 0.1) is 0 Å². The van der Waals surface area contributed by atoms with E-state index in [0.29, 0.717) is 33.3 Å². The zero-order chi connectivity index (χ0) is 17.4. The first-order valence-electron chi connectivity index (χ1n) is 7.13. The molecule has 0 aliphatic carbocycles. The molecule has 3 rings (SSSR count). The van der Waals surface area contributed by atoms with Crippen LogP contribution in [0.5, 0.6) is 5.75 Å². The van der Waals surface area contributed by atoms with Crippen LogP contribution in [0.15, 0.2) is 30.3 Å². The maximum Gasteiger partial charge on any atom is 0.340 e. The number of benzene rings is 2. The lowest BCUT2D eigenvalue weighted by molar-refractivity contribution is 0.0601. The summed E-state index contributed by atoms with van der Waals surface area (Å²) in [4.78, 5) is 26.4. The number of fused-ring (bicyclic) bond motifs is 1. The number of halogens is 1. The number of carbonyl (C=O) groups is 2. The van der Waals surface area contributed by atoms with Gasteiger partial charge in [0.25, 0.3) is 5.91 Å². The van der Waals surface area contributed by atoms with Gasteiger partial charge in [-0.2, -0.15) is 0 Å². The van der Waals surface area contributed by atoms with Gasteiger partial charge < -0.3 is 20.1 Å². The van der Waals surface area contributed by atoms with Crippen molar-refractivity contribution < 1.29 is 19.1 Å². The molecule has 0 radical (unpaired) electrons. The van der Waals surface area contributed by atoms with Crippen LogP contribution in [0.1, 0.15) is 26.3 Å². The zero-order valence-electron chi connectivity index (χ0n) is 13.1. The highest BCUT2D eigenvalue weighted by Crippen LogP contribution is 2.38. The number of methoxy groups -OCH3 is 2. The van der Waals surface area contributed by atoms with Gasteiger partial charge in [-0.1, -0.05) is 11.6 Å². The van der Waals surface area contributed by atoms with Crippen molar-refractivity contribution in [2.24, 2.45) is 0 Å². The number of nitrogens with two attached hydrogens (primary N) is 1. The van der Waals surface area contributed by atoms with Crippen LogP contribution < -0.4 is 15.4 Å². The van der Waals surface area contributed by atoms with Gasteiger partial charge in [0.1, 0.15) is 5.75 Å². The minimum atomic E-state index is -0.563. The highest BCUT2D eigenvalue weighted by Gasteiger charge is 2.34. The van der Waals surface area contributed by atoms with Gasteiger partial charge in [-0.3, -0.25) is 4.79 Å². The SMILES string of the molecule is COC(=O)c1cc(OC)ccc1N1Cc2c(Cl)ccc(N)c2C1=O. The van der Waals surface area contributed by atoms with E-state index in [1.165, 1.54) is 25.2 Å². The second-order valence-corrected chi connectivity index (χ2v) is 5.66. The molecule has 1 aliphatic rings. The molecule has 0 bridgehead atoms. The first kappa shape index (κ1) is 16.1. The van der Waals surface area contributed by atoms with Gasteiger partial charge in [-0.25, -0.2) is 4.79 Å². The number of nitrogens with zero attached hydrogens (tertiary/aromatic N) is 1. The molecule has 0 unspecified atom stereocenters. The summed E-state index contributed by atoms with van der Waals surface area (Å²) in [6.07, 6.45) is 0. The standard InChI is InChI=1S/C17H15ClN2O4/c1-23-9-3-6-14(10(7-9)17(22)24-2)20-8-11-12(18)4-5-13(19)15(11)16(20)21/h3-7H,8,19H2,1-2H3. The lowest BCUT2D eigenvalue weighted by atomic mass is 10.1. The van der Waals surface area contributed by atoms with Crippen LogP contribution in [-0.4, -0.2) is 26.1 Å². The lowest BCUT2D eigenvalue weighted by Crippen LogP contribution is -2.25. The lowest BCUT2D eigenvalue weighted by Gasteiger charge is -2.19. The summed E-state index contributed by atoms with van der Waals surface area (Å²) in [6.45, 7) is 0.231. The number of anilines is 2. The van der Waals surface area contributed by atoms with Crippen LogP contribution in [0.2, 0.25) is 5.02 Å². The first-order chi connectivity index (χ1) is 11.5. The zero-order valence-corrected chi connectivity index (χ0v) is 13.9. The van der Waals surface area contributed by atoms with Crippen LogP contribution in [0.4, 0.5) is 11.4 Å². The van der Waals surface area contributed by atoms with E-state index < -0.39 is 5.97 Å². The predicted octanol–water partition coefficient (Wildman–Crippen LogP) is 2.88. The second kappa shape index (κ2) is 6.05. The van der Waals surface area contributed by atoms with Gasteiger partial charge in [0, 0.05) is 16.3 Å². The van der Waals surface area contributed by atoms with E-state index >= 15 is 0 Å². The summed E-state index contributed by atoms with van der Waals surface area (Å²) in [5.74, 6) is -0.382. The van der Waals surface area contributed by atoms with Gasteiger partial charge in [-0.05, 0) is 30.3 Å². The Morgan fingerprint density at radius 2 is 2.00 bits per heavy atom. The topological polar surface area (TPSA) is 81.9 Å². The molecule has 2 aromatic rings. The van der Waals surface area contributed by atoms with Gasteiger partial charge in [0.05, 0.1) is 37.6 Å². The number of nitrogen functional groups attached to an aromatic ring is 1. The van der Waals surface area contributed by atoms with Crippen molar-refractivity contribution in [1.29, 1.82) is 0 Å². The molecule has 2 aromatic carbocycles. The van der Waals surface area contributed by atoms with Crippen LogP contribution in [-0.2, 0) is 11.3 Å². The van der Waals surface area contributed by atoms with Crippen LogP contribution >= 0.6 is 11.6 Å². The molecule has 1 aliphatic heterocycles. The Labute approximate surface area is 143 Å². The summed E-state index contributed by atoms with van der Waals surface area (Å²) in [5, 5.41) is 0.461. The molecular formula is C17H15ClN2O4. The molecule has 1 amide bonds. The summed E-state index contributed by atoms with van der Waals surface area (Å²) in [5.41, 5.74) is 7.94. The maximum atomic E-state index is 12.8. The van der Waals surface area contributed by atoms with E-state index in [2.05, 4.69) is 0 Å². The Bertz CT molecular complexity index is 851. The Hall–Kier alpha value is -2.73. The van der Waals surface area contributed by atoms with Crippen molar-refractivity contribution in [1.82, 2.24) is 0 Å². The molecule has 0 aromatic heterocycles. The quantitative estimate of drug-likeness (QED) is 0.682. The van der Waals surface area contributed by atoms with Crippen molar-refractivity contribution in [3.63, 3.8) is 0 Å². The fourth-order valence-electron chi connectivity index (χ4n) is 2.76. The Morgan fingerprint density at radius 3 is 2.62 bits per heavy atom. The third kappa shape index (κ3) is 2.45. The molecule has 0 saturated carbocycles. The Morgan fingerprint density at radius 1 is 1.25 bits per heavy atom. The average Bonchev–Trinajstić information content (AvgIpc) is 2.95. The number of rotatable bonds is 3. The monoisotopic (exact) mass is 346 g/mol. The van der Waals surface area contributed by atoms with Crippen LogP contribution in [0.25, 0.3) is 0 Å². The minimum Gasteiger partial charge on any atom is -0.497 e. The first-order valence-corrected chi connectivity index (χ1v) is 7.50. The average molecular weight is 347 g/mol. The molecule has 6 nitrogen and oxygen atoms in total. The summed E-state index contributed by atoms with van der Waals surface area (Å²) < 4.78 is 9.95. The molecule has 2 N–H and O–H groups in total.